The van der Waals surface area contributed by atoms with Crippen molar-refractivity contribution in [2.75, 3.05) is 45.9 Å². The summed E-state index contributed by atoms with van der Waals surface area (Å²) in [6.07, 6.45) is -8.81. The smallest absolute Gasteiger partial charge is 0.471 e. The third-order valence-electron chi connectivity index (χ3n) is 11.4. The molecule has 2 heterocycles. The van der Waals surface area contributed by atoms with Gasteiger partial charge in [0.15, 0.2) is 6.23 Å². The molecule has 5 aromatic rings. The highest BCUT2D eigenvalue weighted by Gasteiger charge is 2.52. The van der Waals surface area contributed by atoms with Gasteiger partial charge in [-0.25, -0.2) is 9.46 Å². The van der Waals surface area contributed by atoms with E-state index in [1.54, 1.807) is 75.7 Å². The minimum atomic E-state index is -5.16. The van der Waals surface area contributed by atoms with Crippen molar-refractivity contribution in [3.8, 4) is 17.6 Å². The highest BCUT2D eigenvalue weighted by molar-refractivity contribution is 7.44. The molecule has 2 amide bonds. The third-order valence-corrected chi connectivity index (χ3v) is 13.6. The van der Waals surface area contributed by atoms with Crippen LogP contribution >= 0.6 is 8.53 Å². The molecule has 2 N–H and O–H groups in total. The van der Waals surface area contributed by atoms with Gasteiger partial charge in [-0.15, -0.1) is 0 Å². The predicted octanol–water partition coefficient (Wildman–Crippen LogP) is 8.45. The quantitative estimate of drug-likeness (QED) is 0.0361. The van der Waals surface area contributed by atoms with Gasteiger partial charge in [-0.1, -0.05) is 72.8 Å². The van der Waals surface area contributed by atoms with Gasteiger partial charge in [0.25, 0.3) is 14.4 Å². The number of aryl methyl sites for hydroxylation is 1. The Morgan fingerprint density at radius 1 is 0.845 bits per heavy atom. The second-order valence-corrected chi connectivity index (χ2v) is 18.3. The molecule has 1 aliphatic heterocycles. The topological polar surface area (TPSA) is 185 Å². The zero-order valence-electron chi connectivity index (χ0n) is 40.4. The number of alkyl halides is 3. The summed E-state index contributed by atoms with van der Waals surface area (Å²) in [5.41, 5.74) is 0.504. The second kappa shape index (κ2) is 24.7. The van der Waals surface area contributed by atoms with Crippen LogP contribution in [0.1, 0.15) is 73.0 Å². The van der Waals surface area contributed by atoms with Crippen LogP contribution in [0, 0.1) is 18.3 Å². The van der Waals surface area contributed by atoms with Crippen LogP contribution in [0.4, 0.5) is 19.0 Å². The van der Waals surface area contributed by atoms with E-state index in [4.69, 9.17) is 32.7 Å². The van der Waals surface area contributed by atoms with E-state index >= 15 is 0 Å². The Morgan fingerprint density at radius 3 is 1.94 bits per heavy atom. The summed E-state index contributed by atoms with van der Waals surface area (Å²) in [5, 5.41) is 14.0. The summed E-state index contributed by atoms with van der Waals surface area (Å²) in [6.45, 7) is 8.03. The van der Waals surface area contributed by atoms with Crippen LogP contribution in [0.15, 0.2) is 120 Å². The monoisotopic (exact) mass is 1000 g/mol. The molecule has 1 saturated heterocycles. The number of nitriles is 1. The largest absolute Gasteiger partial charge is 0.497 e. The minimum Gasteiger partial charge on any atom is -0.497 e. The van der Waals surface area contributed by atoms with Gasteiger partial charge in [-0.3, -0.25) is 14.2 Å². The Hall–Kier alpha value is -6.23. The number of halogens is 3. The molecular formula is C51H58F3N6O10P. The Bertz CT molecular complexity index is 2560. The van der Waals surface area contributed by atoms with E-state index in [2.05, 4.69) is 16.4 Å². The molecule has 378 valence electrons. The highest BCUT2D eigenvalue weighted by Crippen LogP contribution is 2.51. The van der Waals surface area contributed by atoms with Crippen molar-refractivity contribution in [2.45, 2.75) is 89.4 Å². The molecule has 0 bridgehead atoms. The molecule has 16 nitrogen and oxygen atoms in total. The van der Waals surface area contributed by atoms with E-state index in [1.807, 2.05) is 92.3 Å². The van der Waals surface area contributed by atoms with Crippen molar-refractivity contribution >= 4 is 26.2 Å². The summed E-state index contributed by atoms with van der Waals surface area (Å²) < 4.78 is 88.2. The molecule has 0 spiro atoms. The fourth-order valence-corrected chi connectivity index (χ4v) is 9.92. The number of hydrogen-bond donors (Lipinski definition) is 2. The molecule has 0 aliphatic carbocycles. The number of methoxy groups -OCH3 is 2. The Balaban J connectivity index is 1.51. The van der Waals surface area contributed by atoms with Crippen molar-refractivity contribution in [3.63, 3.8) is 0 Å². The normalized spacial score (nSPS) is 17.5. The first kappa shape index (κ1) is 54.1. The van der Waals surface area contributed by atoms with E-state index in [9.17, 15) is 32.8 Å². The molecule has 5 atom stereocenters. The summed E-state index contributed by atoms with van der Waals surface area (Å²) in [4.78, 5) is 43.6. The average Bonchev–Trinajstić information content (AvgIpc) is 3.69. The second-order valence-electron chi connectivity index (χ2n) is 16.9. The van der Waals surface area contributed by atoms with Crippen molar-refractivity contribution in [3.05, 3.63) is 154 Å². The van der Waals surface area contributed by atoms with Crippen LogP contribution in [0.5, 0.6) is 11.5 Å². The van der Waals surface area contributed by atoms with Crippen LogP contribution in [0.3, 0.4) is 0 Å². The lowest BCUT2D eigenvalue weighted by molar-refractivity contribution is -0.174. The number of rotatable bonds is 23. The molecule has 6 rings (SSSR count). The zero-order valence-corrected chi connectivity index (χ0v) is 41.3. The average molecular weight is 1000 g/mol. The summed E-state index contributed by atoms with van der Waals surface area (Å²) in [6, 6.07) is 34.3. The number of aromatic nitrogens is 2. The number of hydrogen-bond acceptors (Lipinski definition) is 13. The maximum atomic E-state index is 14.3. The Labute approximate surface area is 411 Å². The first-order valence-corrected chi connectivity index (χ1v) is 24.0. The van der Waals surface area contributed by atoms with Crippen molar-refractivity contribution in [1.82, 2.24) is 19.5 Å². The van der Waals surface area contributed by atoms with E-state index < -0.39 is 75.5 Å². The van der Waals surface area contributed by atoms with Crippen molar-refractivity contribution < 1.29 is 55.5 Å². The number of ether oxygens (including phenoxy) is 5. The van der Waals surface area contributed by atoms with Gasteiger partial charge in [0, 0.05) is 36.0 Å². The lowest BCUT2D eigenvalue weighted by Gasteiger charge is -2.39. The van der Waals surface area contributed by atoms with Crippen molar-refractivity contribution in [1.29, 1.82) is 5.26 Å². The molecule has 1 unspecified atom stereocenters. The van der Waals surface area contributed by atoms with Gasteiger partial charge >= 0.3 is 17.8 Å². The minimum absolute atomic E-state index is 0.0178. The molecule has 71 heavy (non-hydrogen) atoms. The van der Waals surface area contributed by atoms with Crippen molar-refractivity contribution in [2.24, 2.45) is 0 Å². The number of carbonyl (C=O) groups is 2. The van der Waals surface area contributed by atoms with E-state index in [1.165, 1.54) is 6.20 Å². The molecule has 1 fully saturated rings. The number of anilines is 1. The van der Waals surface area contributed by atoms with Gasteiger partial charge in [0.05, 0.1) is 46.5 Å². The lowest BCUT2D eigenvalue weighted by Crippen LogP contribution is -2.44. The molecule has 0 saturated carbocycles. The molecule has 1 aliphatic rings. The van der Waals surface area contributed by atoms with E-state index in [0.717, 1.165) is 4.57 Å². The van der Waals surface area contributed by atoms with Crippen LogP contribution in [0.25, 0.3) is 0 Å². The number of amides is 2. The molecule has 1 aromatic heterocycles. The van der Waals surface area contributed by atoms with Crippen LogP contribution in [-0.2, 0) is 33.7 Å². The molecule has 20 heteroatoms. The van der Waals surface area contributed by atoms with Gasteiger partial charge in [-0.05, 0) is 87.7 Å². The Morgan fingerprint density at radius 2 is 1.41 bits per heavy atom. The standard InChI is InChI=1S/C51H58F3N6O10P/c1-33(2)60(34(3)4)71(68-29-14-27-55)70-43-42(32-67-50(37-17-12-9-13-18-37,38-19-23-40(64-6)24-20-38)39-21-25-41(65-7)26-22-39)69-47(44(43)66-30-28-56-48(62)51(52,53)54)59-31-35(5)45(58-49(59)63)57-46(61)36-15-10-8-11-16-36/h8-13,15-26,31,33-34,42-44,47H,14,28-30,32H2,1-7H3,(H,56,62)(H,57,58,61,63)/t42-,43-,44-,47-,71?/m1/s1. The molecule has 0 radical (unpaired) electrons. The summed E-state index contributed by atoms with van der Waals surface area (Å²) in [5.74, 6) is -1.52. The predicted molar refractivity (Wildman–Crippen MR) is 259 cm³/mol. The number of nitrogens with zero attached hydrogens (tertiary/aromatic N) is 4. The van der Waals surface area contributed by atoms with Crippen LogP contribution in [-0.4, -0.2) is 103 Å². The molecular weight excluding hydrogens is 945 g/mol. The fourth-order valence-electron chi connectivity index (χ4n) is 8.16. The summed E-state index contributed by atoms with van der Waals surface area (Å²) >= 11 is 0. The first-order chi connectivity index (χ1) is 34.0. The maximum absolute atomic E-state index is 14.3. The summed E-state index contributed by atoms with van der Waals surface area (Å²) in [7, 11) is 1.05. The van der Waals surface area contributed by atoms with Gasteiger partial charge in [-0.2, -0.15) is 23.4 Å². The number of benzene rings is 4. The van der Waals surface area contributed by atoms with Crippen LogP contribution in [0.2, 0.25) is 0 Å². The number of nitrogens with one attached hydrogen (secondary N) is 2. The van der Waals surface area contributed by atoms with Crippen LogP contribution < -0.4 is 25.8 Å². The number of carbonyl (C=O) groups excluding carboxylic acids is 2. The van der Waals surface area contributed by atoms with Gasteiger partial charge in [0.1, 0.15) is 41.2 Å². The van der Waals surface area contributed by atoms with Gasteiger partial charge in [0.2, 0.25) is 0 Å². The lowest BCUT2D eigenvalue weighted by atomic mass is 9.80. The first-order valence-electron chi connectivity index (χ1n) is 22.8. The third kappa shape index (κ3) is 13.2. The van der Waals surface area contributed by atoms with E-state index in [0.29, 0.717) is 39.3 Å². The maximum Gasteiger partial charge on any atom is 0.471 e. The van der Waals surface area contributed by atoms with Gasteiger partial charge < -0.3 is 43.4 Å². The fraction of sp³-hybridized carbons (Fsp3) is 0.392. The van der Waals surface area contributed by atoms with E-state index in [-0.39, 0.29) is 37.5 Å². The Kier molecular flexibility index (Phi) is 18.9. The SMILES string of the molecule is COc1ccc(C(OC[C@H]2O[C@@H](n3cc(C)c(NC(=O)c4ccccc4)nc3=O)[C@H](OCCNC(=O)C(F)(F)F)[C@@H]2OP(OCCC#N)N(C(C)C)C(C)C)(c2ccccc2)c2ccc(OC)cc2)cc1. The highest BCUT2D eigenvalue weighted by atomic mass is 31.2. The molecule has 4 aromatic carbocycles. The zero-order chi connectivity index (χ0) is 51.3.